The summed E-state index contributed by atoms with van der Waals surface area (Å²) >= 11 is 0. The zero-order valence-electron chi connectivity index (χ0n) is 20.3. The maximum Gasteiger partial charge on any atom is 0.416 e. The highest BCUT2D eigenvalue weighted by Crippen LogP contribution is 2.32. The largest absolute Gasteiger partial charge is 0.416 e. The molecule has 10 heteroatoms. The molecule has 0 unspecified atom stereocenters. The smallest absolute Gasteiger partial charge is 0.394 e. The van der Waals surface area contributed by atoms with Crippen molar-refractivity contribution in [1.29, 1.82) is 0 Å². The molecular weight excluding hydrogens is 469 g/mol. The molecule has 0 spiro atoms. The average molecular weight is 499 g/mol. The lowest BCUT2D eigenvalue weighted by Crippen LogP contribution is -2.24. The number of benzene rings is 2. The van der Waals surface area contributed by atoms with Crippen molar-refractivity contribution in [3.63, 3.8) is 0 Å². The summed E-state index contributed by atoms with van der Waals surface area (Å²) in [7, 11) is 0. The van der Waals surface area contributed by atoms with Gasteiger partial charge < -0.3 is 20.3 Å². The number of aromatic nitrogens is 4. The predicted octanol–water partition coefficient (Wildman–Crippen LogP) is 5.89. The van der Waals surface area contributed by atoms with E-state index in [9.17, 15) is 18.3 Å². The van der Waals surface area contributed by atoms with E-state index in [1.54, 1.807) is 24.5 Å². The summed E-state index contributed by atoms with van der Waals surface area (Å²) in [4.78, 5) is 13.7. The van der Waals surface area contributed by atoms with Crippen molar-refractivity contribution in [1.82, 2.24) is 19.5 Å². The molecule has 190 valence electrons. The second-order valence-corrected chi connectivity index (χ2v) is 8.87. The second kappa shape index (κ2) is 10.5. The van der Waals surface area contributed by atoms with Crippen LogP contribution in [0.3, 0.4) is 0 Å². The van der Waals surface area contributed by atoms with Gasteiger partial charge in [-0.2, -0.15) is 23.1 Å². The summed E-state index contributed by atoms with van der Waals surface area (Å²) in [6, 6.07) is 12.6. The number of anilines is 2. The number of imidazole rings is 1. The van der Waals surface area contributed by atoms with E-state index in [0.717, 1.165) is 17.7 Å². The third-order valence-electron chi connectivity index (χ3n) is 5.96. The van der Waals surface area contributed by atoms with Gasteiger partial charge in [0.1, 0.15) is 0 Å². The van der Waals surface area contributed by atoms with E-state index in [0.29, 0.717) is 47.0 Å². The van der Waals surface area contributed by atoms with Crippen molar-refractivity contribution in [2.75, 3.05) is 17.2 Å². The van der Waals surface area contributed by atoms with Gasteiger partial charge in [0, 0.05) is 12.6 Å². The molecule has 4 rings (SSSR count). The first kappa shape index (κ1) is 25.4. The number of rotatable bonds is 9. The standard InChI is InChI=1S/C26H29F3N6O/c1-4-21(14-36)32-25-33-23(22-24(34-25)35(15-31-22)16(2)3)30-13-17-8-10-18(11-9-17)19-6-5-7-20(12-19)26(27,28)29/h5-12,15-16,21,36H,4,13-14H2,1-3H3,(H2,30,32,33,34)/t21-/m1/s1. The van der Waals surface area contributed by atoms with Crippen molar-refractivity contribution >= 4 is 22.9 Å². The monoisotopic (exact) mass is 498 g/mol. The molecule has 0 amide bonds. The number of fused-ring (bicyclic) bond motifs is 1. The number of alkyl halides is 3. The summed E-state index contributed by atoms with van der Waals surface area (Å²) < 4.78 is 41.1. The number of hydrogen-bond acceptors (Lipinski definition) is 6. The maximum absolute atomic E-state index is 13.1. The van der Waals surface area contributed by atoms with Gasteiger partial charge in [-0.15, -0.1) is 0 Å². The number of aliphatic hydroxyl groups is 1. The third kappa shape index (κ3) is 5.59. The Hall–Kier alpha value is -3.66. The van der Waals surface area contributed by atoms with Crippen LogP contribution in [0.1, 0.15) is 44.4 Å². The van der Waals surface area contributed by atoms with Gasteiger partial charge >= 0.3 is 6.18 Å². The zero-order chi connectivity index (χ0) is 25.9. The molecule has 0 bridgehead atoms. The Kier molecular flexibility index (Phi) is 7.44. The molecule has 36 heavy (non-hydrogen) atoms. The Labute approximate surface area is 207 Å². The van der Waals surface area contributed by atoms with Gasteiger partial charge in [-0.1, -0.05) is 43.3 Å². The van der Waals surface area contributed by atoms with Crippen LogP contribution in [0.5, 0.6) is 0 Å². The van der Waals surface area contributed by atoms with Crippen LogP contribution < -0.4 is 10.6 Å². The van der Waals surface area contributed by atoms with Crippen molar-refractivity contribution in [2.45, 2.75) is 52.0 Å². The first-order valence-electron chi connectivity index (χ1n) is 11.8. The molecule has 0 aliphatic carbocycles. The highest BCUT2D eigenvalue weighted by molar-refractivity contribution is 5.84. The van der Waals surface area contributed by atoms with Gasteiger partial charge in [0.15, 0.2) is 17.0 Å². The van der Waals surface area contributed by atoms with E-state index in [-0.39, 0.29) is 18.7 Å². The van der Waals surface area contributed by atoms with Crippen LogP contribution in [0.15, 0.2) is 54.9 Å². The lowest BCUT2D eigenvalue weighted by molar-refractivity contribution is -0.137. The van der Waals surface area contributed by atoms with Crippen LogP contribution in [0.25, 0.3) is 22.3 Å². The normalized spacial score (nSPS) is 12.8. The van der Waals surface area contributed by atoms with E-state index in [1.807, 2.05) is 37.5 Å². The fourth-order valence-electron chi connectivity index (χ4n) is 3.82. The van der Waals surface area contributed by atoms with Crippen molar-refractivity contribution < 1.29 is 18.3 Å². The van der Waals surface area contributed by atoms with Crippen LogP contribution in [-0.4, -0.2) is 37.3 Å². The Morgan fingerprint density at radius 1 is 1.03 bits per heavy atom. The summed E-state index contributed by atoms with van der Waals surface area (Å²) in [6.07, 6.45) is -1.94. The molecule has 1 atom stereocenters. The van der Waals surface area contributed by atoms with Crippen LogP contribution in [0, 0.1) is 0 Å². The fourth-order valence-corrected chi connectivity index (χ4v) is 3.82. The van der Waals surface area contributed by atoms with Crippen LogP contribution in [-0.2, 0) is 12.7 Å². The molecule has 0 fully saturated rings. The molecule has 0 saturated heterocycles. The first-order chi connectivity index (χ1) is 17.2. The van der Waals surface area contributed by atoms with E-state index in [1.165, 1.54) is 6.07 Å². The number of nitrogens with one attached hydrogen (secondary N) is 2. The van der Waals surface area contributed by atoms with Crippen LogP contribution >= 0.6 is 0 Å². The third-order valence-corrected chi connectivity index (χ3v) is 5.96. The Morgan fingerprint density at radius 3 is 2.42 bits per heavy atom. The Bertz CT molecular complexity index is 1310. The van der Waals surface area contributed by atoms with Gasteiger partial charge in [0.25, 0.3) is 0 Å². The van der Waals surface area contributed by atoms with Crippen molar-refractivity contribution in [2.24, 2.45) is 0 Å². The maximum atomic E-state index is 13.1. The summed E-state index contributed by atoms with van der Waals surface area (Å²) in [6.45, 7) is 6.44. The van der Waals surface area contributed by atoms with Crippen molar-refractivity contribution in [3.05, 3.63) is 66.0 Å². The average Bonchev–Trinajstić information content (AvgIpc) is 3.30. The molecule has 7 nitrogen and oxygen atoms in total. The molecule has 2 heterocycles. The zero-order valence-corrected chi connectivity index (χ0v) is 20.3. The minimum Gasteiger partial charge on any atom is -0.394 e. The lowest BCUT2D eigenvalue weighted by Gasteiger charge is -2.16. The van der Waals surface area contributed by atoms with Crippen molar-refractivity contribution in [3.8, 4) is 11.1 Å². The molecule has 2 aromatic heterocycles. The van der Waals surface area contributed by atoms with Crippen LogP contribution in [0.4, 0.5) is 24.9 Å². The Balaban J connectivity index is 1.57. The molecule has 0 saturated carbocycles. The molecule has 4 aromatic rings. The first-order valence-corrected chi connectivity index (χ1v) is 11.8. The van der Waals surface area contributed by atoms with Gasteiger partial charge in [-0.25, -0.2) is 4.98 Å². The minimum absolute atomic E-state index is 0.0394. The minimum atomic E-state index is -4.38. The molecule has 0 aliphatic heterocycles. The molecular formula is C26H29F3N6O. The van der Waals surface area contributed by atoms with E-state index in [2.05, 4.69) is 25.6 Å². The highest BCUT2D eigenvalue weighted by atomic mass is 19.4. The van der Waals surface area contributed by atoms with E-state index < -0.39 is 11.7 Å². The molecule has 0 radical (unpaired) electrons. The number of halogens is 3. The number of aliphatic hydroxyl groups excluding tert-OH is 1. The van der Waals surface area contributed by atoms with Gasteiger partial charge in [0.2, 0.25) is 5.95 Å². The topological polar surface area (TPSA) is 87.9 Å². The van der Waals surface area contributed by atoms with Gasteiger partial charge in [-0.3, -0.25) is 0 Å². The molecule has 3 N–H and O–H groups in total. The fraction of sp³-hybridized carbons (Fsp3) is 0.346. The lowest BCUT2D eigenvalue weighted by atomic mass is 10.0. The highest BCUT2D eigenvalue weighted by Gasteiger charge is 2.30. The quantitative estimate of drug-likeness (QED) is 0.267. The SMILES string of the molecule is CC[C@H](CO)Nc1nc(NCc2ccc(-c3cccc(C(F)(F)F)c3)cc2)c2ncn(C(C)C)c2n1. The molecule has 2 aromatic carbocycles. The van der Waals surface area contributed by atoms with Gasteiger partial charge in [0.05, 0.1) is 24.5 Å². The van der Waals surface area contributed by atoms with Gasteiger partial charge in [-0.05, 0) is 49.1 Å². The summed E-state index contributed by atoms with van der Waals surface area (Å²) in [5, 5.41) is 16.1. The number of nitrogens with zero attached hydrogens (tertiary/aromatic N) is 4. The predicted molar refractivity (Wildman–Crippen MR) is 135 cm³/mol. The van der Waals surface area contributed by atoms with E-state index in [4.69, 9.17) is 0 Å². The summed E-state index contributed by atoms with van der Waals surface area (Å²) in [5.41, 5.74) is 2.77. The molecule has 0 aliphatic rings. The van der Waals surface area contributed by atoms with E-state index >= 15 is 0 Å². The number of hydrogen-bond donors (Lipinski definition) is 3. The summed E-state index contributed by atoms with van der Waals surface area (Å²) in [5.74, 6) is 0.949. The Morgan fingerprint density at radius 2 is 1.78 bits per heavy atom. The second-order valence-electron chi connectivity index (χ2n) is 8.87. The van der Waals surface area contributed by atoms with Crippen LogP contribution in [0.2, 0.25) is 0 Å².